The van der Waals surface area contributed by atoms with E-state index in [4.69, 9.17) is 0 Å². The molecule has 0 spiro atoms. The van der Waals surface area contributed by atoms with Gasteiger partial charge in [0, 0.05) is 17.3 Å². The maximum atomic E-state index is 12.2. The Labute approximate surface area is 113 Å². The standard InChI is InChI=1S/C14H22N2OS/c1-11-14(18-10-15-11)9-16(2)8-13(17)12-6-4-3-5-7-12/h10,12H,3-9H2,1-2H3. The third kappa shape index (κ3) is 3.62. The summed E-state index contributed by atoms with van der Waals surface area (Å²) >= 11 is 1.68. The van der Waals surface area contributed by atoms with E-state index in [9.17, 15) is 4.79 Å². The summed E-state index contributed by atoms with van der Waals surface area (Å²) in [7, 11) is 2.03. The van der Waals surface area contributed by atoms with Crippen molar-refractivity contribution in [2.45, 2.75) is 45.6 Å². The van der Waals surface area contributed by atoms with Gasteiger partial charge in [-0.15, -0.1) is 11.3 Å². The Bertz CT molecular complexity index is 396. The minimum Gasteiger partial charge on any atom is -0.298 e. The molecule has 1 aromatic rings. The second-order valence-corrected chi connectivity index (χ2v) is 6.27. The maximum Gasteiger partial charge on any atom is 0.149 e. The lowest BCUT2D eigenvalue weighted by Crippen LogP contribution is -2.31. The molecule has 3 nitrogen and oxygen atoms in total. The lowest BCUT2D eigenvalue weighted by Gasteiger charge is -2.23. The summed E-state index contributed by atoms with van der Waals surface area (Å²) < 4.78 is 0. The van der Waals surface area contributed by atoms with E-state index in [1.807, 2.05) is 19.5 Å². The van der Waals surface area contributed by atoms with E-state index >= 15 is 0 Å². The predicted molar refractivity (Wildman–Crippen MR) is 74.8 cm³/mol. The molecule has 0 radical (unpaired) electrons. The molecular formula is C14H22N2OS. The second kappa shape index (κ2) is 6.43. The van der Waals surface area contributed by atoms with E-state index in [2.05, 4.69) is 9.88 Å². The number of aryl methyl sites for hydroxylation is 1. The Morgan fingerprint density at radius 1 is 1.44 bits per heavy atom. The van der Waals surface area contributed by atoms with Gasteiger partial charge in [-0.25, -0.2) is 4.98 Å². The van der Waals surface area contributed by atoms with E-state index in [1.165, 1.54) is 24.1 Å². The first kappa shape index (κ1) is 13.7. The summed E-state index contributed by atoms with van der Waals surface area (Å²) in [6.45, 7) is 3.46. The molecule has 1 aromatic heterocycles. The smallest absolute Gasteiger partial charge is 0.149 e. The molecule has 1 aliphatic carbocycles. The van der Waals surface area contributed by atoms with Crippen LogP contribution in [-0.2, 0) is 11.3 Å². The van der Waals surface area contributed by atoms with Gasteiger partial charge in [0.1, 0.15) is 5.78 Å². The molecular weight excluding hydrogens is 244 g/mol. The Hall–Kier alpha value is -0.740. The van der Waals surface area contributed by atoms with Gasteiger partial charge in [-0.3, -0.25) is 9.69 Å². The highest BCUT2D eigenvalue weighted by Crippen LogP contribution is 2.24. The van der Waals surface area contributed by atoms with Crippen molar-refractivity contribution in [2.24, 2.45) is 5.92 Å². The molecule has 0 atom stereocenters. The molecule has 0 unspecified atom stereocenters. The molecule has 1 saturated carbocycles. The van der Waals surface area contributed by atoms with Crippen LogP contribution in [0.2, 0.25) is 0 Å². The van der Waals surface area contributed by atoms with Crippen LogP contribution in [0.4, 0.5) is 0 Å². The Morgan fingerprint density at radius 2 is 2.17 bits per heavy atom. The fourth-order valence-electron chi connectivity index (χ4n) is 2.60. The maximum absolute atomic E-state index is 12.2. The number of carbonyl (C=O) groups excluding carboxylic acids is 1. The number of ketones is 1. The average Bonchev–Trinajstić information content (AvgIpc) is 2.76. The summed E-state index contributed by atoms with van der Waals surface area (Å²) in [6, 6.07) is 0. The SMILES string of the molecule is Cc1ncsc1CN(C)CC(=O)C1CCCCC1. The van der Waals surface area contributed by atoms with Crippen molar-refractivity contribution in [1.29, 1.82) is 0 Å². The second-order valence-electron chi connectivity index (χ2n) is 5.33. The zero-order chi connectivity index (χ0) is 13.0. The van der Waals surface area contributed by atoms with Crippen LogP contribution in [0.15, 0.2) is 5.51 Å². The number of hydrogen-bond donors (Lipinski definition) is 0. The third-order valence-electron chi connectivity index (χ3n) is 3.74. The highest BCUT2D eigenvalue weighted by atomic mass is 32.1. The monoisotopic (exact) mass is 266 g/mol. The van der Waals surface area contributed by atoms with Gasteiger partial charge in [0.2, 0.25) is 0 Å². The van der Waals surface area contributed by atoms with Gasteiger partial charge < -0.3 is 0 Å². The number of likely N-dealkylation sites (N-methyl/N-ethyl adjacent to an activating group) is 1. The lowest BCUT2D eigenvalue weighted by atomic mass is 9.86. The number of rotatable bonds is 5. The summed E-state index contributed by atoms with van der Waals surface area (Å²) in [4.78, 5) is 19.8. The molecule has 0 saturated heterocycles. The molecule has 1 fully saturated rings. The number of thiazole rings is 1. The topological polar surface area (TPSA) is 33.2 Å². The molecule has 18 heavy (non-hydrogen) atoms. The number of aromatic nitrogens is 1. The number of Topliss-reactive ketones (excluding diaryl/α,β-unsaturated/α-hetero) is 1. The molecule has 100 valence electrons. The molecule has 1 aliphatic rings. The number of hydrogen-bond acceptors (Lipinski definition) is 4. The minimum atomic E-state index is 0.323. The quantitative estimate of drug-likeness (QED) is 0.821. The molecule has 1 heterocycles. The van der Waals surface area contributed by atoms with Gasteiger partial charge >= 0.3 is 0 Å². The van der Waals surface area contributed by atoms with Gasteiger partial charge in [0.15, 0.2) is 0 Å². The molecule has 0 aliphatic heterocycles. The average molecular weight is 266 g/mol. The Kier molecular flexibility index (Phi) is 4.89. The summed E-state index contributed by atoms with van der Waals surface area (Å²) in [5, 5.41) is 0. The molecule has 0 aromatic carbocycles. The summed E-state index contributed by atoms with van der Waals surface area (Å²) in [5.74, 6) is 0.753. The fourth-order valence-corrected chi connectivity index (χ4v) is 3.45. The van der Waals surface area contributed by atoms with E-state index < -0.39 is 0 Å². The van der Waals surface area contributed by atoms with Crippen molar-refractivity contribution in [3.63, 3.8) is 0 Å². The van der Waals surface area contributed by atoms with Crippen molar-refractivity contribution in [2.75, 3.05) is 13.6 Å². The zero-order valence-corrected chi connectivity index (χ0v) is 12.1. The normalized spacial score (nSPS) is 17.3. The van der Waals surface area contributed by atoms with Crippen molar-refractivity contribution in [3.8, 4) is 0 Å². The highest BCUT2D eigenvalue weighted by Gasteiger charge is 2.22. The van der Waals surface area contributed by atoms with Crippen LogP contribution in [0.1, 0.15) is 42.7 Å². The van der Waals surface area contributed by atoms with E-state index in [0.717, 1.165) is 25.1 Å². The van der Waals surface area contributed by atoms with Crippen molar-refractivity contribution < 1.29 is 4.79 Å². The van der Waals surface area contributed by atoms with Crippen molar-refractivity contribution in [3.05, 3.63) is 16.1 Å². The summed E-state index contributed by atoms with van der Waals surface area (Å²) in [6.07, 6.45) is 5.97. The summed E-state index contributed by atoms with van der Waals surface area (Å²) in [5.41, 5.74) is 2.97. The third-order valence-corrected chi connectivity index (χ3v) is 4.66. The largest absolute Gasteiger partial charge is 0.298 e. The van der Waals surface area contributed by atoms with Crippen LogP contribution in [0.25, 0.3) is 0 Å². The van der Waals surface area contributed by atoms with Gasteiger partial charge in [0.05, 0.1) is 17.7 Å². The number of carbonyl (C=O) groups is 1. The van der Waals surface area contributed by atoms with Crippen LogP contribution < -0.4 is 0 Å². The fraction of sp³-hybridized carbons (Fsp3) is 0.714. The zero-order valence-electron chi connectivity index (χ0n) is 11.3. The molecule has 0 amide bonds. The van der Waals surface area contributed by atoms with Crippen LogP contribution >= 0.6 is 11.3 Å². The Balaban J connectivity index is 1.81. The first-order chi connectivity index (χ1) is 8.66. The molecule has 0 bridgehead atoms. The highest BCUT2D eigenvalue weighted by molar-refractivity contribution is 7.09. The van der Waals surface area contributed by atoms with Gasteiger partial charge in [0.25, 0.3) is 0 Å². The lowest BCUT2D eigenvalue weighted by molar-refractivity contribution is -0.124. The number of nitrogens with zero attached hydrogens (tertiary/aromatic N) is 2. The predicted octanol–water partition coefficient (Wildman–Crippen LogP) is 3.03. The molecule has 0 N–H and O–H groups in total. The minimum absolute atomic E-state index is 0.323. The first-order valence-electron chi connectivity index (χ1n) is 6.77. The van der Waals surface area contributed by atoms with Crippen LogP contribution in [0.5, 0.6) is 0 Å². The van der Waals surface area contributed by atoms with Gasteiger partial charge in [-0.2, -0.15) is 0 Å². The molecule has 4 heteroatoms. The molecule has 2 rings (SSSR count). The van der Waals surface area contributed by atoms with Crippen molar-refractivity contribution in [1.82, 2.24) is 9.88 Å². The van der Waals surface area contributed by atoms with Crippen LogP contribution in [-0.4, -0.2) is 29.3 Å². The van der Waals surface area contributed by atoms with Crippen LogP contribution in [0.3, 0.4) is 0 Å². The van der Waals surface area contributed by atoms with Crippen molar-refractivity contribution >= 4 is 17.1 Å². The first-order valence-corrected chi connectivity index (χ1v) is 7.65. The van der Waals surface area contributed by atoms with Gasteiger partial charge in [-0.05, 0) is 26.8 Å². The van der Waals surface area contributed by atoms with E-state index in [1.54, 1.807) is 11.3 Å². The van der Waals surface area contributed by atoms with Gasteiger partial charge in [-0.1, -0.05) is 19.3 Å². The van der Waals surface area contributed by atoms with Crippen LogP contribution in [0, 0.1) is 12.8 Å². The van der Waals surface area contributed by atoms with E-state index in [0.29, 0.717) is 18.2 Å². The van der Waals surface area contributed by atoms with E-state index in [-0.39, 0.29) is 0 Å². The Morgan fingerprint density at radius 3 is 2.78 bits per heavy atom.